The molecule has 166 valence electrons. The van der Waals surface area contributed by atoms with Crippen LogP contribution in [0.1, 0.15) is 64.5 Å². The number of benzene rings is 2. The first-order chi connectivity index (χ1) is 14.5. The van der Waals surface area contributed by atoms with Crippen LogP contribution in [0.25, 0.3) is 16.7 Å². The van der Waals surface area contributed by atoms with Crippen LogP contribution in [0.3, 0.4) is 0 Å². The first kappa shape index (κ1) is 29.5. The number of hydrogen-bond acceptors (Lipinski definition) is 2. The van der Waals surface area contributed by atoms with Crippen molar-refractivity contribution in [1.82, 2.24) is 9.55 Å². The molecule has 3 rings (SSSR count). The first-order valence-electron chi connectivity index (χ1n) is 10.5. The molecule has 30 heavy (non-hydrogen) atoms. The van der Waals surface area contributed by atoms with E-state index in [-0.39, 0.29) is 5.82 Å². The van der Waals surface area contributed by atoms with Gasteiger partial charge >= 0.3 is 0 Å². The van der Waals surface area contributed by atoms with E-state index in [1.807, 2.05) is 42.5 Å². The van der Waals surface area contributed by atoms with Crippen molar-refractivity contribution >= 4 is 17.8 Å². The van der Waals surface area contributed by atoms with Gasteiger partial charge in [-0.05, 0) is 37.6 Å². The van der Waals surface area contributed by atoms with E-state index in [2.05, 4.69) is 45.8 Å². The first-order valence-corrected chi connectivity index (χ1v) is 10.5. The Morgan fingerprint density at radius 3 is 1.87 bits per heavy atom. The molecule has 4 heteroatoms. The van der Waals surface area contributed by atoms with E-state index in [1.54, 1.807) is 19.3 Å². The van der Waals surface area contributed by atoms with E-state index >= 15 is 0 Å². The number of nitrogens with zero attached hydrogens (tertiary/aromatic N) is 2. The van der Waals surface area contributed by atoms with E-state index in [1.165, 1.54) is 31.7 Å². The lowest BCUT2D eigenvalue weighted by Crippen LogP contribution is -1.97. The number of unbranched alkanes of at least 4 members (excludes halogenated alkanes) is 2. The summed E-state index contributed by atoms with van der Waals surface area (Å²) in [6.45, 7) is 20.5. The molecule has 0 aliphatic rings. The number of halogens is 1. The van der Waals surface area contributed by atoms with Crippen molar-refractivity contribution in [3.05, 3.63) is 72.8 Å². The molecule has 0 bridgehead atoms. The van der Waals surface area contributed by atoms with E-state index in [9.17, 15) is 4.39 Å². The third-order valence-corrected chi connectivity index (χ3v) is 4.28. The molecule has 0 N–H and O–H groups in total. The molecule has 0 unspecified atom stereocenters. The van der Waals surface area contributed by atoms with Crippen molar-refractivity contribution < 1.29 is 9.18 Å². The number of hydrogen-bond donors (Lipinski definition) is 0. The molecule has 1 aromatic heterocycles. The van der Waals surface area contributed by atoms with Crippen molar-refractivity contribution in [1.29, 1.82) is 0 Å². The second-order valence-electron chi connectivity index (χ2n) is 6.44. The zero-order valence-corrected chi connectivity index (χ0v) is 19.7. The Labute approximate surface area is 182 Å². The second-order valence-corrected chi connectivity index (χ2v) is 6.44. The van der Waals surface area contributed by atoms with Crippen molar-refractivity contribution in [3.63, 3.8) is 0 Å². The van der Waals surface area contributed by atoms with Gasteiger partial charge in [-0.25, -0.2) is 9.37 Å². The summed E-state index contributed by atoms with van der Waals surface area (Å²) in [5.41, 5.74) is 4.56. The minimum absolute atomic E-state index is 0.193. The molecule has 2 aromatic carbocycles. The van der Waals surface area contributed by atoms with Crippen LogP contribution < -0.4 is 0 Å². The highest BCUT2D eigenvalue weighted by molar-refractivity contribution is 5.80. The number of rotatable bonds is 3. The number of aromatic nitrogens is 2. The van der Waals surface area contributed by atoms with Crippen LogP contribution in [0.2, 0.25) is 0 Å². The van der Waals surface area contributed by atoms with Crippen molar-refractivity contribution in [2.24, 2.45) is 0 Å². The highest BCUT2D eigenvalue weighted by Gasteiger charge is 2.10. The lowest BCUT2D eigenvalue weighted by Gasteiger charge is -2.08. The third-order valence-electron chi connectivity index (χ3n) is 4.28. The Morgan fingerprint density at radius 1 is 0.867 bits per heavy atom. The lowest BCUT2D eigenvalue weighted by molar-refractivity contribution is -0.0979. The van der Waals surface area contributed by atoms with Crippen LogP contribution in [0.15, 0.2) is 55.9 Å². The fourth-order valence-corrected chi connectivity index (χ4v) is 2.23. The fraction of sp³-hybridized carbons (Fsp3) is 0.385. The molecule has 3 nitrogen and oxygen atoms in total. The smallest absolute Gasteiger partial charge is 0.128 e. The second kappa shape index (κ2) is 18.3. The highest BCUT2D eigenvalue weighted by Crippen LogP contribution is 2.23. The van der Waals surface area contributed by atoms with Crippen LogP contribution in [0.4, 0.5) is 4.39 Å². The minimum atomic E-state index is -0.193. The molecule has 0 atom stereocenters. The maximum absolute atomic E-state index is 13.6. The Bertz CT molecular complexity index is 817. The number of fused-ring (bicyclic) bond motifs is 1. The predicted octanol–water partition coefficient (Wildman–Crippen LogP) is 8.01. The number of carbonyl (C=O) groups is 1. The van der Waals surface area contributed by atoms with Crippen LogP contribution in [0, 0.1) is 19.7 Å². The summed E-state index contributed by atoms with van der Waals surface area (Å²) in [6, 6.07) is 11.1. The van der Waals surface area contributed by atoms with E-state index in [0.717, 1.165) is 22.3 Å². The summed E-state index contributed by atoms with van der Waals surface area (Å²) in [5, 5.41) is 0. The summed E-state index contributed by atoms with van der Waals surface area (Å²) in [4.78, 5) is 12.4. The number of aryl methyl sites for hydroxylation is 1. The number of para-hydroxylation sites is 1. The Balaban J connectivity index is 0. The van der Waals surface area contributed by atoms with Crippen molar-refractivity contribution in [2.45, 2.75) is 67.2 Å². The summed E-state index contributed by atoms with van der Waals surface area (Å²) in [5.74, 6) is -0.193. The van der Waals surface area contributed by atoms with Gasteiger partial charge in [-0.1, -0.05) is 71.6 Å². The molecule has 0 aliphatic carbocycles. The van der Waals surface area contributed by atoms with Gasteiger partial charge < -0.3 is 4.79 Å². The zero-order valence-electron chi connectivity index (χ0n) is 19.7. The van der Waals surface area contributed by atoms with Crippen LogP contribution >= 0.6 is 0 Å². The fourth-order valence-electron chi connectivity index (χ4n) is 2.23. The summed E-state index contributed by atoms with van der Waals surface area (Å²) in [7, 11) is 0. The van der Waals surface area contributed by atoms with Gasteiger partial charge in [0.2, 0.25) is 0 Å². The molecule has 3 aromatic rings. The minimum Gasteiger partial charge on any atom is -0.307 e. The van der Waals surface area contributed by atoms with Crippen LogP contribution in [-0.4, -0.2) is 16.3 Å². The quantitative estimate of drug-likeness (QED) is 0.407. The Morgan fingerprint density at radius 2 is 1.37 bits per heavy atom. The van der Waals surface area contributed by atoms with Crippen molar-refractivity contribution in [3.8, 4) is 5.69 Å². The highest BCUT2D eigenvalue weighted by atomic mass is 19.1. The number of imidazole rings is 1. The Hall–Kier alpha value is -2.75. The monoisotopic (exact) mass is 414 g/mol. The topological polar surface area (TPSA) is 34.9 Å². The predicted molar refractivity (Wildman–Crippen MR) is 130 cm³/mol. The molecule has 0 radical (unpaired) electrons. The normalized spacial score (nSPS) is 8.90. The van der Waals surface area contributed by atoms with Gasteiger partial charge in [0.25, 0.3) is 0 Å². The molecule has 0 aliphatic heterocycles. The van der Waals surface area contributed by atoms with Crippen LogP contribution in [0.5, 0.6) is 0 Å². The van der Waals surface area contributed by atoms with Gasteiger partial charge in [-0.15, -0.1) is 13.2 Å². The van der Waals surface area contributed by atoms with Gasteiger partial charge in [-0.3, -0.25) is 4.57 Å². The molecule has 0 amide bonds. The largest absolute Gasteiger partial charge is 0.307 e. The maximum atomic E-state index is 13.6. The summed E-state index contributed by atoms with van der Waals surface area (Å²) < 4.78 is 15.5. The van der Waals surface area contributed by atoms with Gasteiger partial charge in [0.05, 0.1) is 16.7 Å². The Kier molecular flexibility index (Phi) is 18.0. The van der Waals surface area contributed by atoms with E-state index < -0.39 is 0 Å². The van der Waals surface area contributed by atoms with E-state index in [0.29, 0.717) is 5.56 Å². The van der Waals surface area contributed by atoms with E-state index in [4.69, 9.17) is 4.79 Å². The molecular formula is C26H39FN2O. The van der Waals surface area contributed by atoms with Gasteiger partial charge in [0, 0.05) is 5.56 Å². The molecule has 1 heterocycles. The number of carbonyl (C=O) groups excluding carboxylic acids is 1. The average Bonchev–Trinajstić information content (AvgIpc) is 3.24. The average molecular weight is 415 g/mol. The van der Waals surface area contributed by atoms with Gasteiger partial charge in [-0.2, -0.15) is 0 Å². The SMILES string of the molecule is C=C.C=O.CCCC.CCCC.Cc1c(F)cccc1-n1cnc2c(C)cccc21. The molecule has 0 saturated heterocycles. The molecule has 0 saturated carbocycles. The molecule has 0 fully saturated rings. The van der Waals surface area contributed by atoms with Crippen LogP contribution in [-0.2, 0) is 4.79 Å². The van der Waals surface area contributed by atoms with Crippen molar-refractivity contribution in [2.75, 3.05) is 0 Å². The molecule has 0 spiro atoms. The van der Waals surface area contributed by atoms with Gasteiger partial charge in [0.15, 0.2) is 0 Å². The maximum Gasteiger partial charge on any atom is 0.128 e. The standard InChI is InChI=1S/C15H13FN2.2C4H10.C2H4.CH2O/c1-10-5-3-8-14-15(10)17-9-18(14)13-7-4-6-12(16)11(13)2;2*1-3-4-2;2*1-2/h3-9H,1-2H3;2*3-4H2,1-2H3;1-2H2;1H2. The summed E-state index contributed by atoms with van der Waals surface area (Å²) in [6.07, 6.45) is 7.03. The third kappa shape index (κ3) is 9.17. The van der Waals surface area contributed by atoms with Gasteiger partial charge in [0.1, 0.15) is 18.9 Å². The zero-order chi connectivity index (χ0) is 23.5. The summed E-state index contributed by atoms with van der Waals surface area (Å²) >= 11 is 0. The lowest BCUT2D eigenvalue weighted by atomic mass is 10.1. The molecular weight excluding hydrogens is 375 g/mol.